The standard InChI is InChI=1S/C25H28N2/c1-24(2)16-18-9-3-5-11-20(18)22(26-24)15-23-21-12-6-4-10-19(21)17-25(27-23)13-7-8-14-25/h3-6,9-12,15,26H,7-8,13-14,16-17H2,1-2H3/b22-15-. The molecule has 2 heterocycles. The molecule has 2 aliphatic heterocycles. The van der Waals surface area contributed by atoms with Crippen molar-refractivity contribution in [3.8, 4) is 0 Å². The summed E-state index contributed by atoms with van der Waals surface area (Å²) in [5.41, 5.74) is 8.08. The van der Waals surface area contributed by atoms with Crippen LogP contribution in [0.15, 0.2) is 59.6 Å². The van der Waals surface area contributed by atoms with Crippen LogP contribution in [0.5, 0.6) is 0 Å². The minimum Gasteiger partial charge on any atom is -0.379 e. The number of fused-ring (bicyclic) bond motifs is 2. The molecule has 5 rings (SSSR count). The molecular weight excluding hydrogens is 328 g/mol. The van der Waals surface area contributed by atoms with E-state index in [-0.39, 0.29) is 11.1 Å². The lowest BCUT2D eigenvalue weighted by atomic mass is 9.82. The molecule has 0 bridgehead atoms. The summed E-state index contributed by atoms with van der Waals surface area (Å²) >= 11 is 0. The Morgan fingerprint density at radius 3 is 2.22 bits per heavy atom. The van der Waals surface area contributed by atoms with Crippen molar-refractivity contribution >= 4 is 11.4 Å². The van der Waals surface area contributed by atoms with E-state index in [1.165, 1.54) is 53.6 Å². The van der Waals surface area contributed by atoms with Gasteiger partial charge in [-0.3, -0.25) is 4.99 Å². The lowest BCUT2D eigenvalue weighted by Crippen LogP contribution is -2.44. The Labute approximate surface area is 162 Å². The normalized spacial score (nSPS) is 23.5. The minimum absolute atomic E-state index is 0.0555. The summed E-state index contributed by atoms with van der Waals surface area (Å²) in [6, 6.07) is 17.7. The molecule has 0 saturated heterocycles. The summed E-state index contributed by atoms with van der Waals surface area (Å²) in [5, 5.41) is 3.79. The van der Waals surface area contributed by atoms with Crippen LogP contribution in [0, 0.1) is 0 Å². The first-order valence-electron chi connectivity index (χ1n) is 10.3. The Morgan fingerprint density at radius 1 is 0.852 bits per heavy atom. The lowest BCUT2D eigenvalue weighted by Gasteiger charge is -2.36. The number of nitrogens with zero attached hydrogens (tertiary/aromatic N) is 1. The fourth-order valence-electron chi connectivity index (χ4n) is 5.21. The summed E-state index contributed by atoms with van der Waals surface area (Å²) in [6.07, 6.45) is 9.54. The zero-order chi connectivity index (χ0) is 18.5. The van der Waals surface area contributed by atoms with Gasteiger partial charge in [0.2, 0.25) is 0 Å². The third kappa shape index (κ3) is 3.01. The van der Waals surface area contributed by atoms with Gasteiger partial charge in [-0.25, -0.2) is 0 Å². The average Bonchev–Trinajstić information content (AvgIpc) is 3.08. The zero-order valence-corrected chi connectivity index (χ0v) is 16.4. The van der Waals surface area contributed by atoms with E-state index >= 15 is 0 Å². The molecule has 27 heavy (non-hydrogen) atoms. The quantitative estimate of drug-likeness (QED) is 0.736. The number of hydrogen-bond donors (Lipinski definition) is 1. The summed E-state index contributed by atoms with van der Waals surface area (Å²) in [6.45, 7) is 4.57. The highest BCUT2D eigenvalue weighted by atomic mass is 15.0. The molecule has 2 heteroatoms. The van der Waals surface area contributed by atoms with Crippen molar-refractivity contribution in [1.29, 1.82) is 0 Å². The Hall–Kier alpha value is -2.35. The summed E-state index contributed by atoms with van der Waals surface area (Å²) < 4.78 is 0. The molecule has 2 aromatic rings. The van der Waals surface area contributed by atoms with Crippen LogP contribution in [-0.2, 0) is 12.8 Å². The molecule has 0 amide bonds. The van der Waals surface area contributed by atoms with Crippen molar-refractivity contribution in [3.05, 3.63) is 76.9 Å². The van der Waals surface area contributed by atoms with Gasteiger partial charge in [0.1, 0.15) is 0 Å². The van der Waals surface area contributed by atoms with E-state index < -0.39 is 0 Å². The minimum atomic E-state index is 0.0555. The second-order valence-corrected chi connectivity index (χ2v) is 9.16. The fraction of sp³-hybridized carbons (Fsp3) is 0.400. The molecule has 1 fully saturated rings. The van der Waals surface area contributed by atoms with Crippen LogP contribution < -0.4 is 5.32 Å². The van der Waals surface area contributed by atoms with Crippen LogP contribution in [0.3, 0.4) is 0 Å². The molecule has 0 aromatic heterocycles. The van der Waals surface area contributed by atoms with Gasteiger partial charge in [0.15, 0.2) is 0 Å². The highest BCUT2D eigenvalue weighted by molar-refractivity contribution is 6.14. The van der Waals surface area contributed by atoms with Gasteiger partial charge in [0.05, 0.1) is 11.3 Å². The summed E-state index contributed by atoms with van der Waals surface area (Å²) in [4.78, 5) is 5.37. The maximum Gasteiger partial charge on any atom is 0.0677 e. The Bertz CT molecular complexity index is 942. The van der Waals surface area contributed by atoms with Gasteiger partial charge in [-0.15, -0.1) is 0 Å². The molecule has 2 nitrogen and oxygen atoms in total. The fourth-order valence-corrected chi connectivity index (χ4v) is 5.21. The number of rotatable bonds is 1. The molecule has 2 aromatic carbocycles. The van der Waals surface area contributed by atoms with E-state index in [1.54, 1.807) is 0 Å². The van der Waals surface area contributed by atoms with Crippen molar-refractivity contribution in [2.45, 2.75) is 63.5 Å². The average molecular weight is 357 g/mol. The van der Waals surface area contributed by atoms with Crippen molar-refractivity contribution in [2.75, 3.05) is 0 Å². The maximum atomic E-state index is 5.37. The van der Waals surface area contributed by atoms with Crippen molar-refractivity contribution in [2.24, 2.45) is 4.99 Å². The largest absolute Gasteiger partial charge is 0.379 e. The van der Waals surface area contributed by atoms with E-state index in [0.29, 0.717) is 0 Å². The van der Waals surface area contributed by atoms with Gasteiger partial charge in [0.25, 0.3) is 0 Å². The molecule has 1 N–H and O–H groups in total. The van der Waals surface area contributed by atoms with Crippen LogP contribution in [0.2, 0.25) is 0 Å². The molecule has 1 saturated carbocycles. The highest BCUT2D eigenvalue weighted by Gasteiger charge is 2.37. The number of hydrogen-bond acceptors (Lipinski definition) is 2. The van der Waals surface area contributed by atoms with E-state index in [1.807, 2.05) is 0 Å². The van der Waals surface area contributed by atoms with Gasteiger partial charge in [-0.2, -0.15) is 0 Å². The molecule has 3 aliphatic rings. The van der Waals surface area contributed by atoms with Crippen LogP contribution >= 0.6 is 0 Å². The van der Waals surface area contributed by atoms with Crippen molar-refractivity contribution in [3.63, 3.8) is 0 Å². The molecule has 138 valence electrons. The highest BCUT2D eigenvalue weighted by Crippen LogP contribution is 2.41. The molecule has 0 radical (unpaired) electrons. The topological polar surface area (TPSA) is 24.4 Å². The molecule has 1 aliphatic carbocycles. The number of nitrogens with one attached hydrogen (secondary N) is 1. The van der Waals surface area contributed by atoms with E-state index in [9.17, 15) is 0 Å². The van der Waals surface area contributed by atoms with Gasteiger partial charge in [-0.05, 0) is 56.7 Å². The van der Waals surface area contributed by atoms with E-state index in [0.717, 1.165) is 18.6 Å². The summed E-state index contributed by atoms with van der Waals surface area (Å²) in [7, 11) is 0. The zero-order valence-electron chi connectivity index (χ0n) is 16.4. The third-order valence-corrected chi connectivity index (χ3v) is 6.40. The number of allylic oxidation sites excluding steroid dienone is 1. The Balaban J connectivity index is 1.66. The number of aliphatic imine (C=N–C) groups is 1. The van der Waals surface area contributed by atoms with Crippen molar-refractivity contribution in [1.82, 2.24) is 5.32 Å². The van der Waals surface area contributed by atoms with E-state index in [4.69, 9.17) is 4.99 Å². The Morgan fingerprint density at radius 2 is 1.48 bits per heavy atom. The van der Waals surface area contributed by atoms with E-state index in [2.05, 4.69) is 73.8 Å². The lowest BCUT2D eigenvalue weighted by molar-refractivity contribution is 0.434. The van der Waals surface area contributed by atoms with Crippen LogP contribution in [0.25, 0.3) is 5.70 Å². The van der Waals surface area contributed by atoms with Gasteiger partial charge in [-0.1, -0.05) is 61.4 Å². The Kier molecular flexibility index (Phi) is 3.79. The molecule has 1 spiro atoms. The third-order valence-electron chi connectivity index (χ3n) is 6.40. The first-order chi connectivity index (χ1) is 13.0. The van der Waals surface area contributed by atoms with Crippen molar-refractivity contribution < 1.29 is 0 Å². The molecular formula is C25H28N2. The SMILES string of the molecule is CC1(C)Cc2ccccc2/C(=C/C2=NC3(CCCC3)Cc3ccccc32)N1. The second-order valence-electron chi connectivity index (χ2n) is 9.16. The predicted octanol–water partition coefficient (Wildman–Crippen LogP) is 5.31. The van der Waals surface area contributed by atoms with Gasteiger partial charge >= 0.3 is 0 Å². The number of benzene rings is 2. The monoisotopic (exact) mass is 356 g/mol. The van der Waals surface area contributed by atoms with Crippen LogP contribution in [0.1, 0.15) is 61.8 Å². The molecule has 0 unspecified atom stereocenters. The first kappa shape index (κ1) is 16.8. The first-order valence-corrected chi connectivity index (χ1v) is 10.3. The molecule has 0 atom stereocenters. The van der Waals surface area contributed by atoms with Crippen LogP contribution in [0.4, 0.5) is 0 Å². The second kappa shape index (κ2) is 6.09. The maximum absolute atomic E-state index is 5.37. The smallest absolute Gasteiger partial charge is 0.0677 e. The van der Waals surface area contributed by atoms with Crippen LogP contribution in [-0.4, -0.2) is 16.8 Å². The van der Waals surface area contributed by atoms with Gasteiger partial charge in [0, 0.05) is 22.4 Å². The predicted molar refractivity (Wildman–Crippen MR) is 113 cm³/mol. The summed E-state index contributed by atoms with van der Waals surface area (Å²) in [5.74, 6) is 0. The van der Waals surface area contributed by atoms with Gasteiger partial charge < -0.3 is 5.32 Å².